The molecule has 0 heterocycles. The van der Waals surface area contributed by atoms with Gasteiger partial charge in [0.25, 0.3) is 0 Å². The smallest absolute Gasteiger partial charge is 0.189 e. The third-order valence-electron chi connectivity index (χ3n) is 1.94. The van der Waals surface area contributed by atoms with E-state index in [9.17, 15) is 9.50 Å². The van der Waals surface area contributed by atoms with Crippen LogP contribution in [0.1, 0.15) is 25.5 Å². The molecule has 3 nitrogen and oxygen atoms in total. The van der Waals surface area contributed by atoms with Crippen LogP contribution in [-0.4, -0.2) is 18.5 Å². The monoisotopic (exact) mass is 214 g/mol. The van der Waals surface area contributed by atoms with Crippen LogP contribution in [0.5, 0.6) is 5.75 Å². The predicted molar refractivity (Wildman–Crippen MR) is 54.2 cm³/mol. The zero-order valence-corrected chi connectivity index (χ0v) is 8.87. The second kappa shape index (κ2) is 5.68. The molecule has 4 heteroatoms. The molecule has 1 N–H and O–H groups in total. The van der Waals surface area contributed by atoms with Crippen LogP contribution < -0.4 is 4.74 Å². The molecule has 1 atom stereocenters. The fourth-order valence-electron chi connectivity index (χ4n) is 1.08. The number of aliphatic hydroxyl groups excluding tert-OH is 1. The summed E-state index contributed by atoms with van der Waals surface area (Å²) in [6.45, 7) is 3.96. The van der Waals surface area contributed by atoms with Gasteiger partial charge in [0.1, 0.15) is 0 Å². The maximum absolute atomic E-state index is 13.3. The van der Waals surface area contributed by atoms with Crippen LogP contribution >= 0.6 is 0 Å². The van der Waals surface area contributed by atoms with Crippen molar-refractivity contribution in [3.8, 4) is 5.75 Å². The van der Waals surface area contributed by atoms with Crippen molar-refractivity contribution in [2.75, 3.05) is 13.4 Å². The Morgan fingerprint density at radius 1 is 1.47 bits per heavy atom. The van der Waals surface area contributed by atoms with Crippen LogP contribution in [0.15, 0.2) is 18.2 Å². The summed E-state index contributed by atoms with van der Waals surface area (Å²) >= 11 is 0. The number of rotatable bonds is 5. The average Bonchev–Trinajstić information content (AvgIpc) is 2.20. The minimum absolute atomic E-state index is 0.0292. The largest absolute Gasteiger partial charge is 0.464 e. The van der Waals surface area contributed by atoms with E-state index in [-0.39, 0.29) is 12.5 Å². The molecule has 0 radical (unpaired) electrons. The minimum Gasteiger partial charge on any atom is -0.464 e. The van der Waals surface area contributed by atoms with E-state index in [0.717, 1.165) is 0 Å². The Bertz CT molecular complexity index is 313. The zero-order chi connectivity index (χ0) is 11.3. The molecule has 0 amide bonds. The van der Waals surface area contributed by atoms with Crippen LogP contribution in [0.2, 0.25) is 0 Å². The van der Waals surface area contributed by atoms with Gasteiger partial charge in [-0.15, -0.1) is 0 Å². The van der Waals surface area contributed by atoms with E-state index in [4.69, 9.17) is 9.47 Å². The van der Waals surface area contributed by atoms with Crippen LogP contribution in [0.25, 0.3) is 0 Å². The van der Waals surface area contributed by atoms with Gasteiger partial charge >= 0.3 is 0 Å². The molecule has 0 saturated carbocycles. The van der Waals surface area contributed by atoms with Gasteiger partial charge in [0.05, 0.1) is 6.10 Å². The van der Waals surface area contributed by atoms with Crippen molar-refractivity contribution in [1.82, 2.24) is 0 Å². The molecule has 0 aliphatic carbocycles. The van der Waals surface area contributed by atoms with Crippen molar-refractivity contribution < 1.29 is 19.0 Å². The van der Waals surface area contributed by atoms with Gasteiger partial charge in [-0.2, -0.15) is 0 Å². The highest BCUT2D eigenvalue weighted by atomic mass is 19.1. The fourth-order valence-corrected chi connectivity index (χ4v) is 1.08. The van der Waals surface area contributed by atoms with Crippen LogP contribution in [0.3, 0.4) is 0 Å². The summed E-state index contributed by atoms with van der Waals surface area (Å²) in [4.78, 5) is 0. The fraction of sp³-hybridized carbons (Fsp3) is 0.455. The summed E-state index contributed by atoms with van der Waals surface area (Å²) in [6, 6.07) is 4.36. The summed E-state index contributed by atoms with van der Waals surface area (Å²) in [5.41, 5.74) is 0.524. The summed E-state index contributed by atoms with van der Waals surface area (Å²) < 4.78 is 23.3. The van der Waals surface area contributed by atoms with Crippen LogP contribution in [-0.2, 0) is 4.74 Å². The Balaban J connectivity index is 2.66. The number of benzene rings is 1. The molecule has 0 fully saturated rings. The summed E-state index contributed by atoms with van der Waals surface area (Å²) in [5.74, 6) is -0.360. The molecule has 0 aromatic heterocycles. The number of halogens is 1. The molecule has 1 unspecified atom stereocenters. The van der Waals surface area contributed by atoms with Gasteiger partial charge in [-0.3, -0.25) is 0 Å². The van der Waals surface area contributed by atoms with Crippen molar-refractivity contribution in [2.24, 2.45) is 0 Å². The lowest BCUT2D eigenvalue weighted by Gasteiger charge is -2.09. The standard InChI is InChI=1S/C11H15FO3/c1-3-14-7-15-11-5-4-9(8(2)13)6-10(11)12/h4-6,8,13H,3,7H2,1-2H3. The SMILES string of the molecule is CCOCOc1ccc(C(C)O)cc1F. The molecular formula is C11H15FO3. The van der Waals surface area contributed by atoms with E-state index in [1.54, 1.807) is 13.0 Å². The molecule has 0 saturated heterocycles. The third kappa shape index (κ3) is 3.49. The highest BCUT2D eigenvalue weighted by molar-refractivity contribution is 5.30. The van der Waals surface area contributed by atoms with E-state index < -0.39 is 11.9 Å². The average molecular weight is 214 g/mol. The maximum atomic E-state index is 13.3. The first kappa shape index (κ1) is 11.9. The van der Waals surface area contributed by atoms with E-state index in [2.05, 4.69) is 0 Å². The topological polar surface area (TPSA) is 38.7 Å². The first-order chi connectivity index (χ1) is 7.15. The van der Waals surface area contributed by atoms with Crippen molar-refractivity contribution >= 4 is 0 Å². The Labute approximate surface area is 88.4 Å². The van der Waals surface area contributed by atoms with Gasteiger partial charge in [0.15, 0.2) is 18.4 Å². The zero-order valence-electron chi connectivity index (χ0n) is 8.87. The Kier molecular flexibility index (Phi) is 4.52. The molecule has 0 bridgehead atoms. The molecule has 0 spiro atoms. The molecule has 1 rings (SSSR count). The normalized spacial score (nSPS) is 12.5. The number of hydrogen-bond acceptors (Lipinski definition) is 3. The van der Waals surface area contributed by atoms with Crippen LogP contribution in [0.4, 0.5) is 4.39 Å². The molecule has 1 aromatic rings. The number of hydrogen-bond donors (Lipinski definition) is 1. The summed E-state index contributed by atoms with van der Waals surface area (Å²) in [7, 11) is 0. The van der Waals surface area contributed by atoms with E-state index >= 15 is 0 Å². The Morgan fingerprint density at radius 2 is 2.20 bits per heavy atom. The lowest BCUT2D eigenvalue weighted by molar-refractivity contribution is 0.0201. The van der Waals surface area contributed by atoms with Crippen LogP contribution in [0, 0.1) is 5.82 Å². The molecule has 1 aromatic carbocycles. The van der Waals surface area contributed by atoms with Gasteiger partial charge in [0, 0.05) is 6.61 Å². The van der Waals surface area contributed by atoms with Gasteiger partial charge < -0.3 is 14.6 Å². The van der Waals surface area contributed by atoms with Gasteiger partial charge in [-0.05, 0) is 31.5 Å². The lowest BCUT2D eigenvalue weighted by atomic mass is 10.1. The quantitative estimate of drug-likeness (QED) is 0.603. The lowest BCUT2D eigenvalue weighted by Crippen LogP contribution is -2.04. The van der Waals surface area contributed by atoms with Crippen molar-refractivity contribution in [2.45, 2.75) is 20.0 Å². The Hall–Kier alpha value is -1.13. The molecule has 0 aliphatic rings. The minimum atomic E-state index is -0.680. The first-order valence-corrected chi connectivity index (χ1v) is 4.83. The second-order valence-electron chi connectivity index (χ2n) is 3.12. The molecule has 0 aliphatic heterocycles. The van der Waals surface area contributed by atoms with E-state index in [1.807, 2.05) is 6.92 Å². The third-order valence-corrected chi connectivity index (χ3v) is 1.94. The molecule has 84 valence electrons. The highest BCUT2D eigenvalue weighted by Gasteiger charge is 2.07. The Morgan fingerprint density at radius 3 is 2.73 bits per heavy atom. The maximum Gasteiger partial charge on any atom is 0.189 e. The summed E-state index contributed by atoms with van der Waals surface area (Å²) in [5, 5.41) is 9.22. The predicted octanol–water partition coefficient (Wildman–Crippen LogP) is 2.25. The van der Waals surface area contributed by atoms with Gasteiger partial charge in [-0.1, -0.05) is 6.07 Å². The first-order valence-electron chi connectivity index (χ1n) is 4.83. The summed E-state index contributed by atoms with van der Waals surface area (Å²) in [6.07, 6.45) is -0.680. The molecule has 15 heavy (non-hydrogen) atoms. The van der Waals surface area contributed by atoms with Crippen molar-refractivity contribution in [3.05, 3.63) is 29.6 Å². The highest BCUT2D eigenvalue weighted by Crippen LogP contribution is 2.21. The van der Waals surface area contributed by atoms with E-state index in [0.29, 0.717) is 12.2 Å². The van der Waals surface area contributed by atoms with Gasteiger partial charge in [-0.25, -0.2) is 4.39 Å². The second-order valence-corrected chi connectivity index (χ2v) is 3.12. The van der Waals surface area contributed by atoms with Gasteiger partial charge in [0.2, 0.25) is 0 Å². The van der Waals surface area contributed by atoms with Crippen molar-refractivity contribution in [1.29, 1.82) is 0 Å². The molecular weight excluding hydrogens is 199 g/mol. The van der Waals surface area contributed by atoms with Crippen molar-refractivity contribution in [3.63, 3.8) is 0 Å². The number of ether oxygens (including phenoxy) is 2. The van der Waals surface area contributed by atoms with E-state index in [1.165, 1.54) is 12.1 Å². The number of aliphatic hydroxyl groups is 1.